The van der Waals surface area contributed by atoms with Crippen molar-refractivity contribution in [2.45, 2.75) is 25.6 Å². The van der Waals surface area contributed by atoms with Crippen LogP contribution >= 0.6 is 11.6 Å². The first kappa shape index (κ1) is 10.5. The summed E-state index contributed by atoms with van der Waals surface area (Å²) in [6.45, 7) is 1.36. The van der Waals surface area contributed by atoms with Gasteiger partial charge in [0.15, 0.2) is 5.79 Å². The zero-order valence-corrected chi connectivity index (χ0v) is 8.25. The summed E-state index contributed by atoms with van der Waals surface area (Å²) in [5.74, 6) is -1.61. The van der Waals surface area contributed by atoms with Crippen LogP contribution in [0.15, 0.2) is 24.3 Å². The fraction of sp³-hybridized carbons (Fsp3) is 0.400. The maximum atomic E-state index is 9.08. The molecule has 0 aliphatic carbocycles. The molecule has 0 heterocycles. The molecule has 72 valence electrons. The Hall–Kier alpha value is -0.570. The van der Waals surface area contributed by atoms with Crippen LogP contribution in [0.2, 0.25) is 5.02 Å². The SMILES string of the molecule is CC(O)(O)CCc1ccccc1Cl. The van der Waals surface area contributed by atoms with Crippen LogP contribution in [0, 0.1) is 0 Å². The minimum Gasteiger partial charge on any atom is -0.366 e. The molecule has 0 amide bonds. The average Bonchev–Trinajstić information content (AvgIpc) is 2.01. The summed E-state index contributed by atoms with van der Waals surface area (Å²) in [5.41, 5.74) is 0.943. The highest BCUT2D eigenvalue weighted by Gasteiger charge is 2.14. The molecule has 0 fully saturated rings. The van der Waals surface area contributed by atoms with Gasteiger partial charge in [-0.05, 0) is 25.0 Å². The van der Waals surface area contributed by atoms with E-state index in [9.17, 15) is 0 Å². The zero-order chi connectivity index (χ0) is 9.90. The predicted molar refractivity (Wildman–Crippen MR) is 52.6 cm³/mol. The van der Waals surface area contributed by atoms with E-state index in [1.165, 1.54) is 6.92 Å². The molecule has 1 aromatic carbocycles. The first-order valence-corrected chi connectivity index (χ1v) is 4.55. The lowest BCUT2D eigenvalue weighted by Crippen LogP contribution is -2.23. The lowest BCUT2D eigenvalue weighted by Gasteiger charge is -2.15. The van der Waals surface area contributed by atoms with Gasteiger partial charge in [0.25, 0.3) is 0 Å². The molecular formula is C10H13ClO2. The van der Waals surface area contributed by atoms with E-state index in [-0.39, 0.29) is 6.42 Å². The smallest absolute Gasteiger partial charge is 0.159 e. The van der Waals surface area contributed by atoms with Crippen LogP contribution in [0.5, 0.6) is 0 Å². The van der Waals surface area contributed by atoms with Crippen LogP contribution in [-0.2, 0) is 6.42 Å². The molecule has 0 unspecified atom stereocenters. The standard InChI is InChI=1S/C10H13ClO2/c1-10(12,13)7-6-8-4-2-3-5-9(8)11/h2-5,12-13H,6-7H2,1H3. The van der Waals surface area contributed by atoms with Gasteiger partial charge in [-0.3, -0.25) is 0 Å². The number of halogens is 1. The van der Waals surface area contributed by atoms with Gasteiger partial charge in [0.1, 0.15) is 0 Å². The second-order valence-electron chi connectivity index (χ2n) is 3.31. The third-order valence-electron chi connectivity index (χ3n) is 1.83. The summed E-state index contributed by atoms with van der Waals surface area (Å²) in [5, 5.41) is 18.8. The van der Waals surface area contributed by atoms with E-state index in [4.69, 9.17) is 21.8 Å². The van der Waals surface area contributed by atoms with Crippen molar-refractivity contribution < 1.29 is 10.2 Å². The molecule has 0 spiro atoms. The summed E-state index contributed by atoms with van der Waals surface area (Å²) in [4.78, 5) is 0. The topological polar surface area (TPSA) is 40.5 Å². The molecule has 1 rings (SSSR count). The van der Waals surface area contributed by atoms with Crippen molar-refractivity contribution >= 4 is 11.6 Å². The van der Waals surface area contributed by atoms with Crippen molar-refractivity contribution in [2.75, 3.05) is 0 Å². The summed E-state index contributed by atoms with van der Waals surface area (Å²) in [6, 6.07) is 7.41. The van der Waals surface area contributed by atoms with Crippen LogP contribution in [0.25, 0.3) is 0 Å². The Labute approximate surface area is 82.8 Å². The van der Waals surface area contributed by atoms with Gasteiger partial charge in [0.2, 0.25) is 0 Å². The fourth-order valence-corrected chi connectivity index (χ4v) is 1.30. The molecular weight excluding hydrogens is 188 g/mol. The minimum absolute atomic E-state index is 0.288. The highest BCUT2D eigenvalue weighted by Crippen LogP contribution is 2.18. The summed E-state index contributed by atoms with van der Waals surface area (Å²) in [7, 11) is 0. The molecule has 0 aliphatic heterocycles. The van der Waals surface area contributed by atoms with Gasteiger partial charge in [0, 0.05) is 11.4 Å². The quantitative estimate of drug-likeness (QED) is 0.733. The van der Waals surface area contributed by atoms with Crippen molar-refractivity contribution in [3.8, 4) is 0 Å². The number of aliphatic hydroxyl groups is 2. The van der Waals surface area contributed by atoms with Gasteiger partial charge in [-0.25, -0.2) is 0 Å². The van der Waals surface area contributed by atoms with Gasteiger partial charge >= 0.3 is 0 Å². The van der Waals surface area contributed by atoms with E-state index in [1.54, 1.807) is 6.07 Å². The van der Waals surface area contributed by atoms with E-state index in [2.05, 4.69) is 0 Å². The zero-order valence-electron chi connectivity index (χ0n) is 7.50. The fourth-order valence-electron chi connectivity index (χ4n) is 1.07. The molecule has 3 heteroatoms. The highest BCUT2D eigenvalue weighted by molar-refractivity contribution is 6.31. The number of hydrogen-bond acceptors (Lipinski definition) is 2. The molecule has 2 N–H and O–H groups in total. The summed E-state index contributed by atoms with van der Waals surface area (Å²) in [6.07, 6.45) is 0.861. The first-order valence-electron chi connectivity index (χ1n) is 4.17. The van der Waals surface area contributed by atoms with Gasteiger partial charge < -0.3 is 10.2 Å². The highest BCUT2D eigenvalue weighted by atomic mass is 35.5. The van der Waals surface area contributed by atoms with Gasteiger partial charge in [-0.1, -0.05) is 29.8 Å². The number of hydrogen-bond donors (Lipinski definition) is 2. The second kappa shape index (κ2) is 4.09. The van der Waals surface area contributed by atoms with Gasteiger partial charge in [-0.2, -0.15) is 0 Å². The van der Waals surface area contributed by atoms with Gasteiger partial charge in [0.05, 0.1) is 0 Å². The van der Waals surface area contributed by atoms with E-state index in [1.807, 2.05) is 18.2 Å². The molecule has 0 radical (unpaired) electrons. The third-order valence-corrected chi connectivity index (χ3v) is 2.19. The Balaban J connectivity index is 2.60. The summed E-state index contributed by atoms with van der Waals surface area (Å²) < 4.78 is 0. The van der Waals surface area contributed by atoms with Crippen molar-refractivity contribution in [1.82, 2.24) is 0 Å². The Bertz CT molecular complexity index is 278. The van der Waals surface area contributed by atoms with Crippen LogP contribution in [-0.4, -0.2) is 16.0 Å². The van der Waals surface area contributed by atoms with E-state index in [0.29, 0.717) is 11.4 Å². The maximum Gasteiger partial charge on any atom is 0.159 e. The summed E-state index contributed by atoms with van der Waals surface area (Å²) >= 11 is 5.89. The Morgan fingerprint density at radius 1 is 1.31 bits per heavy atom. The average molecular weight is 201 g/mol. The number of rotatable bonds is 3. The first-order chi connectivity index (χ1) is 5.99. The lowest BCUT2D eigenvalue weighted by atomic mass is 10.1. The lowest BCUT2D eigenvalue weighted by molar-refractivity contribution is -0.148. The molecule has 0 saturated heterocycles. The van der Waals surface area contributed by atoms with Crippen molar-refractivity contribution in [3.05, 3.63) is 34.9 Å². The number of benzene rings is 1. The second-order valence-corrected chi connectivity index (χ2v) is 3.72. The normalized spacial score (nSPS) is 11.7. The van der Waals surface area contributed by atoms with E-state index < -0.39 is 5.79 Å². The Morgan fingerprint density at radius 2 is 1.92 bits per heavy atom. The molecule has 2 nitrogen and oxygen atoms in total. The third kappa shape index (κ3) is 3.77. The molecule has 0 atom stereocenters. The van der Waals surface area contributed by atoms with Crippen molar-refractivity contribution in [2.24, 2.45) is 0 Å². The molecule has 1 aromatic rings. The maximum absolute atomic E-state index is 9.08. The molecule has 0 aliphatic rings. The molecule has 0 aromatic heterocycles. The minimum atomic E-state index is -1.61. The van der Waals surface area contributed by atoms with E-state index in [0.717, 1.165) is 5.56 Å². The van der Waals surface area contributed by atoms with Crippen molar-refractivity contribution in [1.29, 1.82) is 0 Å². The van der Waals surface area contributed by atoms with Crippen LogP contribution in [0.4, 0.5) is 0 Å². The van der Waals surface area contributed by atoms with Crippen LogP contribution in [0.3, 0.4) is 0 Å². The van der Waals surface area contributed by atoms with Crippen LogP contribution < -0.4 is 0 Å². The molecule has 13 heavy (non-hydrogen) atoms. The molecule has 0 bridgehead atoms. The molecule has 0 saturated carbocycles. The Morgan fingerprint density at radius 3 is 2.46 bits per heavy atom. The van der Waals surface area contributed by atoms with Crippen molar-refractivity contribution in [3.63, 3.8) is 0 Å². The Kier molecular flexibility index (Phi) is 3.31. The largest absolute Gasteiger partial charge is 0.366 e. The predicted octanol–water partition coefficient (Wildman–Crippen LogP) is 1.97. The van der Waals surface area contributed by atoms with Gasteiger partial charge in [-0.15, -0.1) is 0 Å². The number of aryl methyl sites for hydroxylation is 1. The van der Waals surface area contributed by atoms with Crippen LogP contribution in [0.1, 0.15) is 18.9 Å². The van der Waals surface area contributed by atoms with E-state index >= 15 is 0 Å². The monoisotopic (exact) mass is 200 g/mol.